The molecule has 0 unspecified atom stereocenters. The molecule has 82 valence electrons. The second kappa shape index (κ2) is 7.17. The lowest BCUT2D eigenvalue weighted by molar-refractivity contribution is 0.203. The Morgan fingerprint density at radius 2 is 2.00 bits per heavy atom. The lowest BCUT2D eigenvalue weighted by atomic mass is 10.3. The summed E-state index contributed by atoms with van der Waals surface area (Å²) < 4.78 is 0. The van der Waals surface area contributed by atoms with E-state index in [-0.39, 0.29) is 11.9 Å². The van der Waals surface area contributed by atoms with Crippen molar-refractivity contribution in [1.82, 2.24) is 10.2 Å². The highest BCUT2D eigenvalue weighted by Gasteiger charge is 2.06. The van der Waals surface area contributed by atoms with E-state index in [1.165, 1.54) is 0 Å². The van der Waals surface area contributed by atoms with E-state index in [0.29, 0.717) is 13.0 Å². The molecule has 2 amide bonds. The molecule has 0 fully saturated rings. The standard InChI is InChI=1S/C9H20N4O/c1-3-13(4-2)9(14)12-7-5-6-8(10)11/h3-7H2,1-2H3,(H3,10,11)(H,12,14). The Balaban J connectivity index is 3.57. The number of urea groups is 1. The van der Waals surface area contributed by atoms with Gasteiger partial charge in [-0.1, -0.05) is 0 Å². The molecular formula is C9H20N4O. The van der Waals surface area contributed by atoms with Crippen molar-refractivity contribution in [2.75, 3.05) is 19.6 Å². The van der Waals surface area contributed by atoms with Crippen LogP contribution in [0.15, 0.2) is 0 Å². The molecule has 0 atom stereocenters. The maximum absolute atomic E-state index is 11.4. The smallest absolute Gasteiger partial charge is 0.317 e. The van der Waals surface area contributed by atoms with Crippen LogP contribution in [0.25, 0.3) is 0 Å². The van der Waals surface area contributed by atoms with E-state index in [1.807, 2.05) is 13.8 Å². The number of amidine groups is 1. The largest absolute Gasteiger partial charge is 0.388 e. The number of rotatable bonds is 6. The Kier molecular flexibility index (Phi) is 6.53. The number of nitrogens with two attached hydrogens (primary N) is 1. The van der Waals surface area contributed by atoms with Crippen LogP contribution in [-0.4, -0.2) is 36.4 Å². The summed E-state index contributed by atoms with van der Waals surface area (Å²) in [6, 6.07) is -0.0430. The highest BCUT2D eigenvalue weighted by atomic mass is 16.2. The van der Waals surface area contributed by atoms with Gasteiger partial charge in [0.05, 0.1) is 5.84 Å². The van der Waals surface area contributed by atoms with Crippen LogP contribution in [-0.2, 0) is 0 Å². The fourth-order valence-corrected chi connectivity index (χ4v) is 1.10. The number of hydrogen-bond acceptors (Lipinski definition) is 2. The molecule has 0 heterocycles. The number of carbonyl (C=O) groups excluding carboxylic acids is 1. The van der Waals surface area contributed by atoms with Gasteiger partial charge in [0.25, 0.3) is 0 Å². The topological polar surface area (TPSA) is 82.2 Å². The van der Waals surface area contributed by atoms with Crippen molar-refractivity contribution in [3.05, 3.63) is 0 Å². The molecule has 0 aliphatic carbocycles. The zero-order valence-electron chi connectivity index (χ0n) is 8.97. The molecule has 4 N–H and O–H groups in total. The number of carbonyl (C=O) groups is 1. The summed E-state index contributed by atoms with van der Waals surface area (Å²) >= 11 is 0. The number of amides is 2. The lowest BCUT2D eigenvalue weighted by Crippen LogP contribution is -2.40. The monoisotopic (exact) mass is 200 g/mol. The predicted octanol–water partition coefficient (Wildman–Crippen LogP) is 0.754. The second-order valence-electron chi connectivity index (χ2n) is 3.03. The third kappa shape index (κ3) is 5.40. The van der Waals surface area contributed by atoms with Crippen LogP contribution in [0.3, 0.4) is 0 Å². The molecule has 0 radical (unpaired) electrons. The van der Waals surface area contributed by atoms with Gasteiger partial charge in [0.1, 0.15) is 0 Å². The predicted molar refractivity (Wildman–Crippen MR) is 57.5 cm³/mol. The van der Waals surface area contributed by atoms with E-state index < -0.39 is 0 Å². The number of nitrogens with zero attached hydrogens (tertiary/aromatic N) is 1. The van der Waals surface area contributed by atoms with Gasteiger partial charge in [-0.15, -0.1) is 0 Å². The maximum atomic E-state index is 11.4. The lowest BCUT2D eigenvalue weighted by Gasteiger charge is -2.18. The first-order valence-electron chi connectivity index (χ1n) is 4.97. The molecule has 0 aliphatic rings. The van der Waals surface area contributed by atoms with Crippen molar-refractivity contribution < 1.29 is 4.79 Å². The molecule has 0 aromatic rings. The van der Waals surface area contributed by atoms with Gasteiger partial charge < -0.3 is 16.0 Å². The summed E-state index contributed by atoms with van der Waals surface area (Å²) in [4.78, 5) is 13.1. The van der Waals surface area contributed by atoms with Gasteiger partial charge in [0, 0.05) is 26.1 Å². The van der Waals surface area contributed by atoms with Gasteiger partial charge in [-0.25, -0.2) is 4.79 Å². The zero-order chi connectivity index (χ0) is 11.0. The Morgan fingerprint density at radius 1 is 1.43 bits per heavy atom. The van der Waals surface area contributed by atoms with Gasteiger partial charge in [0.15, 0.2) is 0 Å². The van der Waals surface area contributed by atoms with Crippen LogP contribution < -0.4 is 11.1 Å². The fraction of sp³-hybridized carbons (Fsp3) is 0.778. The average molecular weight is 200 g/mol. The summed E-state index contributed by atoms with van der Waals surface area (Å²) in [6.07, 6.45) is 1.26. The normalized spacial score (nSPS) is 9.57. The van der Waals surface area contributed by atoms with Gasteiger partial charge in [-0.2, -0.15) is 0 Å². The molecular weight excluding hydrogens is 180 g/mol. The van der Waals surface area contributed by atoms with Crippen molar-refractivity contribution in [3.8, 4) is 0 Å². The van der Waals surface area contributed by atoms with E-state index in [1.54, 1.807) is 4.90 Å². The minimum Gasteiger partial charge on any atom is -0.388 e. The first kappa shape index (κ1) is 12.7. The van der Waals surface area contributed by atoms with Crippen molar-refractivity contribution in [3.63, 3.8) is 0 Å². The van der Waals surface area contributed by atoms with Crippen molar-refractivity contribution in [2.45, 2.75) is 26.7 Å². The summed E-state index contributed by atoms with van der Waals surface area (Å²) in [5.74, 6) is 0.169. The molecule has 0 aromatic heterocycles. The van der Waals surface area contributed by atoms with Crippen LogP contribution in [0.5, 0.6) is 0 Å². The molecule has 5 heteroatoms. The second-order valence-corrected chi connectivity index (χ2v) is 3.03. The van der Waals surface area contributed by atoms with Crippen LogP contribution in [0.2, 0.25) is 0 Å². The molecule has 0 saturated carbocycles. The highest BCUT2D eigenvalue weighted by Crippen LogP contribution is 1.90. The summed E-state index contributed by atoms with van der Waals surface area (Å²) in [5.41, 5.74) is 5.18. The Morgan fingerprint density at radius 3 is 2.43 bits per heavy atom. The Bertz CT molecular complexity index is 189. The Hall–Kier alpha value is -1.26. The van der Waals surface area contributed by atoms with Gasteiger partial charge in [-0.3, -0.25) is 5.41 Å². The zero-order valence-corrected chi connectivity index (χ0v) is 8.97. The van der Waals surface area contributed by atoms with Gasteiger partial charge >= 0.3 is 6.03 Å². The molecule has 0 bridgehead atoms. The molecule has 0 aliphatic heterocycles. The summed E-state index contributed by atoms with van der Waals surface area (Å²) in [6.45, 7) is 5.90. The van der Waals surface area contributed by atoms with Crippen molar-refractivity contribution in [1.29, 1.82) is 5.41 Å². The quantitative estimate of drug-likeness (QED) is 0.336. The third-order valence-corrected chi connectivity index (χ3v) is 1.95. The average Bonchev–Trinajstić information content (AvgIpc) is 2.14. The van der Waals surface area contributed by atoms with Gasteiger partial charge in [-0.05, 0) is 20.3 Å². The fourth-order valence-electron chi connectivity index (χ4n) is 1.10. The SMILES string of the molecule is CCN(CC)C(=O)NCCCC(=N)N. The van der Waals surface area contributed by atoms with E-state index in [9.17, 15) is 4.79 Å². The minimum atomic E-state index is -0.0430. The van der Waals surface area contributed by atoms with Crippen molar-refractivity contribution >= 4 is 11.9 Å². The number of hydrogen-bond donors (Lipinski definition) is 3. The van der Waals surface area contributed by atoms with E-state index in [2.05, 4.69) is 5.32 Å². The van der Waals surface area contributed by atoms with E-state index in [4.69, 9.17) is 11.1 Å². The van der Waals surface area contributed by atoms with Crippen molar-refractivity contribution in [2.24, 2.45) is 5.73 Å². The Labute approximate surface area is 85.2 Å². The highest BCUT2D eigenvalue weighted by molar-refractivity contribution is 5.77. The first-order chi connectivity index (χ1) is 6.61. The molecule has 0 spiro atoms. The van der Waals surface area contributed by atoms with Gasteiger partial charge in [0.2, 0.25) is 0 Å². The van der Waals surface area contributed by atoms with E-state index >= 15 is 0 Å². The maximum Gasteiger partial charge on any atom is 0.317 e. The molecule has 0 saturated heterocycles. The molecule has 14 heavy (non-hydrogen) atoms. The molecule has 0 rings (SSSR count). The van der Waals surface area contributed by atoms with Crippen LogP contribution >= 0.6 is 0 Å². The number of nitrogens with one attached hydrogen (secondary N) is 2. The van der Waals surface area contributed by atoms with Crippen LogP contribution in [0, 0.1) is 5.41 Å². The van der Waals surface area contributed by atoms with E-state index in [0.717, 1.165) is 19.5 Å². The molecule has 0 aromatic carbocycles. The molecule has 5 nitrogen and oxygen atoms in total. The van der Waals surface area contributed by atoms with Crippen LogP contribution in [0.4, 0.5) is 4.79 Å². The minimum absolute atomic E-state index is 0.0430. The first-order valence-corrected chi connectivity index (χ1v) is 4.97. The summed E-state index contributed by atoms with van der Waals surface area (Å²) in [5, 5.41) is 9.77. The third-order valence-electron chi connectivity index (χ3n) is 1.95. The van der Waals surface area contributed by atoms with Crippen LogP contribution in [0.1, 0.15) is 26.7 Å². The summed E-state index contributed by atoms with van der Waals surface area (Å²) in [7, 11) is 0.